The van der Waals surface area contributed by atoms with Crippen molar-refractivity contribution in [2.45, 2.75) is 42.9 Å². The Hall–Kier alpha value is -1.70. The van der Waals surface area contributed by atoms with Gasteiger partial charge in [0.25, 0.3) is 10.0 Å². The Morgan fingerprint density at radius 2 is 2.04 bits per heavy atom. The van der Waals surface area contributed by atoms with Crippen LogP contribution in [0.2, 0.25) is 0 Å². The first-order valence-corrected chi connectivity index (χ1v) is 11.7. The van der Waals surface area contributed by atoms with E-state index in [1.807, 2.05) is 25.1 Å². The van der Waals surface area contributed by atoms with Gasteiger partial charge in [-0.3, -0.25) is 4.79 Å². The lowest BCUT2D eigenvalue weighted by Gasteiger charge is -2.31. The maximum absolute atomic E-state index is 12.7. The van der Waals surface area contributed by atoms with Crippen molar-refractivity contribution in [2.75, 3.05) is 13.1 Å². The van der Waals surface area contributed by atoms with Gasteiger partial charge >= 0.3 is 0 Å². The van der Waals surface area contributed by atoms with Crippen molar-refractivity contribution in [2.24, 2.45) is 5.92 Å². The zero-order valence-electron chi connectivity index (χ0n) is 15.5. The molecule has 0 unspecified atom stereocenters. The Morgan fingerprint density at radius 1 is 1.26 bits per heavy atom. The molecule has 146 valence electrons. The van der Waals surface area contributed by atoms with Gasteiger partial charge in [-0.2, -0.15) is 4.31 Å². The minimum atomic E-state index is -3.49. The summed E-state index contributed by atoms with van der Waals surface area (Å²) < 4.78 is 27.2. The molecule has 1 aromatic heterocycles. The van der Waals surface area contributed by atoms with Crippen molar-refractivity contribution >= 4 is 27.3 Å². The molecular formula is C20H26N2O3S2. The SMILES string of the molecule is C[C@H](CCc1ccccc1)NC(=O)[C@H]1CCCN(S(=O)(=O)c2cccs2)C1. The van der Waals surface area contributed by atoms with Crippen LogP contribution in [-0.4, -0.2) is 37.8 Å². The average Bonchev–Trinajstić information content (AvgIpc) is 3.23. The Balaban J connectivity index is 1.53. The largest absolute Gasteiger partial charge is 0.353 e. The molecule has 1 aliphatic heterocycles. The molecule has 0 aliphatic carbocycles. The first-order chi connectivity index (χ1) is 13.0. The van der Waals surface area contributed by atoms with E-state index in [-0.39, 0.29) is 24.4 Å². The molecule has 3 rings (SSSR count). The molecule has 1 saturated heterocycles. The summed E-state index contributed by atoms with van der Waals surface area (Å²) >= 11 is 1.22. The molecule has 1 aromatic carbocycles. The molecule has 5 nitrogen and oxygen atoms in total. The second-order valence-electron chi connectivity index (χ2n) is 7.07. The second-order valence-corrected chi connectivity index (χ2v) is 10.2. The molecule has 1 amide bonds. The summed E-state index contributed by atoms with van der Waals surface area (Å²) in [4.78, 5) is 12.6. The third kappa shape index (κ3) is 5.18. The van der Waals surface area contributed by atoms with E-state index < -0.39 is 10.0 Å². The standard InChI is InChI=1S/C20H26N2O3S2/c1-16(11-12-17-7-3-2-4-8-17)21-20(23)18-9-5-13-22(15-18)27(24,25)19-10-6-14-26-19/h2-4,6-8,10,14,16,18H,5,9,11-13,15H2,1H3,(H,21,23)/t16-,18+/m1/s1. The van der Waals surface area contributed by atoms with E-state index >= 15 is 0 Å². The lowest BCUT2D eigenvalue weighted by Crippen LogP contribution is -2.47. The lowest BCUT2D eigenvalue weighted by molar-refractivity contribution is -0.126. The Labute approximate surface area is 165 Å². The summed E-state index contributed by atoms with van der Waals surface area (Å²) in [6.45, 7) is 2.74. The molecule has 1 aliphatic rings. The number of amides is 1. The number of rotatable bonds is 7. The van der Waals surface area contributed by atoms with Crippen LogP contribution in [0.1, 0.15) is 31.7 Å². The second kappa shape index (κ2) is 8.99. The maximum atomic E-state index is 12.7. The van der Waals surface area contributed by atoms with Crippen molar-refractivity contribution in [3.8, 4) is 0 Å². The molecular weight excluding hydrogens is 380 g/mol. The summed E-state index contributed by atoms with van der Waals surface area (Å²) in [5.41, 5.74) is 1.25. The van der Waals surface area contributed by atoms with Gasteiger partial charge in [-0.05, 0) is 49.6 Å². The van der Waals surface area contributed by atoms with Crippen LogP contribution in [0.3, 0.4) is 0 Å². The van der Waals surface area contributed by atoms with Gasteiger partial charge in [0.05, 0.1) is 5.92 Å². The molecule has 1 N–H and O–H groups in total. The van der Waals surface area contributed by atoms with Gasteiger partial charge in [0.1, 0.15) is 4.21 Å². The zero-order chi connectivity index (χ0) is 19.3. The summed E-state index contributed by atoms with van der Waals surface area (Å²) in [6.07, 6.45) is 3.21. The first-order valence-electron chi connectivity index (χ1n) is 9.35. The number of carbonyl (C=O) groups excluding carboxylic acids is 1. The molecule has 2 aromatic rings. The van der Waals surface area contributed by atoms with Crippen molar-refractivity contribution in [1.29, 1.82) is 0 Å². The third-order valence-corrected chi connectivity index (χ3v) is 8.18. The number of sulfonamides is 1. The van der Waals surface area contributed by atoms with Crippen LogP contribution in [0.25, 0.3) is 0 Å². The number of aryl methyl sites for hydroxylation is 1. The quantitative estimate of drug-likeness (QED) is 0.767. The molecule has 2 heterocycles. The Bertz CT molecular complexity index is 835. The third-order valence-electron chi connectivity index (χ3n) is 4.94. The summed E-state index contributed by atoms with van der Waals surface area (Å²) in [5.74, 6) is -0.325. The molecule has 0 saturated carbocycles. The van der Waals surface area contributed by atoms with E-state index in [1.54, 1.807) is 17.5 Å². The zero-order valence-corrected chi connectivity index (χ0v) is 17.1. The lowest BCUT2D eigenvalue weighted by atomic mass is 9.98. The normalized spacial score (nSPS) is 19.5. The molecule has 1 fully saturated rings. The van der Waals surface area contributed by atoms with Crippen LogP contribution in [0.4, 0.5) is 0 Å². The van der Waals surface area contributed by atoms with Crippen molar-refractivity contribution in [3.05, 3.63) is 53.4 Å². The number of piperidine rings is 1. The molecule has 7 heteroatoms. The van der Waals surface area contributed by atoms with Crippen LogP contribution in [0.5, 0.6) is 0 Å². The van der Waals surface area contributed by atoms with Crippen LogP contribution < -0.4 is 5.32 Å². The van der Waals surface area contributed by atoms with Gasteiger partial charge in [-0.25, -0.2) is 8.42 Å². The molecule has 0 spiro atoms. The van der Waals surface area contributed by atoms with Crippen LogP contribution in [-0.2, 0) is 21.2 Å². The van der Waals surface area contributed by atoms with Crippen LogP contribution in [0, 0.1) is 5.92 Å². The highest BCUT2D eigenvalue weighted by Gasteiger charge is 2.34. The fourth-order valence-electron chi connectivity index (χ4n) is 3.37. The van der Waals surface area contributed by atoms with E-state index in [4.69, 9.17) is 0 Å². The van der Waals surface area contributed by atoms with Gasteiger partial charge in [-0.15, -0.1) is 11.3 Å². The number of hydrogen-bond acceptors (Lipinski definition) is 4. The monoisotopic (exact) mass is 406 g/mol. The average molecular weight is 407 g/mol. The van der Waals surface area contributed by atoms with Crippen molar-refractivity contribution < 1.29 is 13.2 Å². The van der Waals surface area contributed by atoms with E-state index in [2.05, 4.69) is 17.4 Å². The summed E-state index contributed by atoms with van der Waals surface area (Å²) in [6, 6.07) is 13.6. The minimum Gasteiger partial charge on any atom is -0.353 e. The Morgan fingerprint density at radius 3 is 2.74 bits per heavy atom. The minimum absolute atomic E-state index is 0.0401. The number of carbonyl (C=O) groups is 1. The molecule has 27 heavy (non-hydrogen) atoms. The topological polar surface area (TPSA) is 66.5 Å². The molecule has 0 bridgehead atoms. The predicted octanol–water partition coefficient (Wildman–Crippen LogP) is 3.29. The maximum Gasteiger partial charge on any atom is 0.252 e. The number of nitrogens with one attached hydrogen (secondary N) is 1. The summed E-state index contributed by atoms with van der Waals surface area (Å²) in [5, 5.41) is 4.83. The Kier molecular flexibility index (Phi) is 6.68. The van der Waals surface area contributed by atoms with E-state index in [0.29, 0.717) is 17.2 Å². The van der Waals surface area contributed by atoms with E-state index in [0.717, 1.165) is 19.3 Å². The smallest absolute Gasteiger partial charge is 0.252 e. The van der Waals surface area contributed by atoms with E-state index in [9.17, 15) is 13.2 Å². The number of benzene rings is 1. The fraction of sp³-hybridized carbons (Fsp3) is 0.450. The predicted molar refractivity (Wildman–Crippen MR) is 108 cm³/mol. The van der Waals surface area contributed by atoms with Crippen LogP contribution in [0.15, 0.2) is 52.1 Å². The number of nitrogens with zero attached hydrogens (tertiary/aromatic N) is 1. The molecule has 2 atom stereocenters. The fourth-order valence-corrected chi connectivity index (χ4v) is 6.04. The highest BCUT2D eigenvalue weighted by atomic mass is 32.2. The van der Waals surface area contributed by atoms with Gasteiger partial charge in [0.15, 0.2) is 0 Å². The van der Waals surface area contributed by atoms with E-state index in [1.165, 1.54) is 21.2 Å². The van der Waals surface area contributed by atoms with Gasteiger partial charge in [0.2, 0.25) is 5.91 Å². The number of thiophene rings is 1. The molecule has 0 radical (unpaired) electrons. The highest BCUT2D eigenvalue weighted by molar-refractivity contribution is 7.91. The van der Waals surface area contributed by atoms with Gasteiger partial charge in [-0.1, -0.05) is 36.4 Å². The van der Waals surface area contributed by atoms with Crippen molar-refractivity contribution in [1.82, 2.24) is 9.62 Å². The van der Waals surface area contributed by atoms with Gasteiger partial charge in [0, 0.05) is 19.1 Å². The first kappa shape index (κ1) is 20.0. The van der Waals surface area contributed by atoms with Crippen molar-refractivity contribution in [3.63, 3.8) is 0 Å². The number of hydrogen-bond donors (Lipinski definition) is 1. The van der Waals surface area contributed by atoms with Gasteiger partial charge < -0.3 is 5.32 Å². The highest BCUT2D eigenvalue weighted by Crippen LogP contribution is 2.26. The summed E-state index contributed by atoms with van der Waals surface area (Å²) in [7, 11) is -3.49. The van der Waals surface area contributed by atoms with Crippen LogP contribution >= 0.6 is 11.3 Å².